The molecule has 1 aromatic rings. The summed E-state index contributed by atoms with van der Waals surface area (Å²) in [6.45, 7) is 1.69. The summed E-state index contributed by atoms with van der Waals surface area (Å²) in [6.07, 6.45) is 5.21. The number of non-ortho nitro benzene ring substituents is 1. The Morgan fingerprint density at radius 1 is 1.38 bits per heavy atom. The van der Waals surface area contributed by atoms with E-state index in [9.17, 15) is 10.1 Å². The SMILES string of the molecule is COc1cc(NCCN(C)C2CCCC2)cc([N+](=O)[O-])c1. The lowest BCUT2D eigenvalue weighted by molar-refractivity contribution is -0.384. The first kappa shape index (κ1) is 15.6. The lowest BCUT2D eigenvalue weighted by Gasteiger charge is -2.24. The molecule has 1 saturated carbocycles. The molecule has 1 aromatic carbocycles. The van der Waals surface area contributed by atoms with Crippen LogP contribution < -0.4 is 10.1 Å². The molecule has 21 heavy (non-hydrogen) atoms. The topological polar surface area (TPSA) is 67.6 Å². The molecule has 0 aliphatic heterocycles. The van der Waals surface area contributed by atoms with Gasteiger partial charge in [-0.3, -0.25) is 10.1 Å². The molecule has 0 aromatic heterocycles. The van der Waals surface area contributed by atoms with Crippen molar-refractivity contribution in [2.75, 3.05) is 32.6 Å². The summed E-state index contributed by atoms with van der Waals surface area (Å²) in [7, 11) is 3.66. The number of methoxy groups -OCH3 is 1. The molecular weight excluding hydrogens is 270 g/mol. The van der Waals surface area contributed by atoms with Gasteiger partial charge in [-0.1, -0.05) is 12.8 Å². The summed E-state index contributed by atoms with van der Waals surface area (Å²) in [4.78, 5) is 12.9. The van der Waals surface area contributed by atoms with Gasteiger partial charge in [0.1, 0.15) is 5.75 Å². The van der Waals surface area contributed by atoms with Crippen molar-refractivity contribution in [3.05, 3.63) is 28.3 Å². The fraction of sp³-hybridized carbons (Fsp3) is 0.600. The maximum atomic E-state index is 10.9. The van der Waals surface area contributed by atoms with E-state index in [1.807, 2.05) is 0 Å². The van der Waals surface area contributed by atoms with Gasteiger partial charge in [-0.05, 0) is 19.9 Å². The zero-order chi connectivity index (χ0) is 15.2. The first-order chi connectivity index (χ1) is 10.1. The van der Waals surface area contributed by atoms with E-state index in [0.717, 1.165) is 18.8 Å². The first-order valence-electron chi connectivity index (χ1n) is 7.37. The highest BCUT2D eigenvalue weighted by molar-refractivity contribution is 5.56. The molecule has 0 bridgehead atoms. The Kier molecular flexibility index (Phi) is 5.38. The van der Waals surface area contributed by atoms with Crippen LogP contribution in [0.1, 0.15) is 25.7 Å². The molecule has 0 spiro atoms. The number of anilines is 1. The quantitative estimate of drug-likeness (QED) is 0.618. The maximum Gasteiger partial charge on any atom is 0.275 e. The van der Waals surface area contributed by atoms with E-state index < -0.39 is 4.92 Å². The molecule has 0 heterocycles. The van der Waals surface area contributed by atoms with Gasteiger partial charge in [-0.15, -0.1) is 0 Å². The molecule has 6 nitrogen and oxygen atoms in total. The summed E-state index contributed by atoms with van der Waals surface area (Å²) in [5.74, 6) is 0.496. The van der Waals surface area contributed by atoms with Crippen LogP contribution >= 0.6 is 0 Å². The van der Waals surface area contributed by atoms with E-state index in [2.05, 4.69) is 17.3 Å². The van der Waals surface area contributed by atoms with Crippen LogP contribution in [-0.2, 0) is 0 Å². The van der Waals surface area contributed by atoms with Crippen molar-refractivity contribution in [1.82, 2.24) is 4.90 Å². The molecule has 0 saturated heterocycles. The van der Waals surface area contributed by atoms with Crippen molar-refractivity contribution in [1.29, 1.82) is 0 Å². The molecular formula is C15H23N3O3. The normalized spacial score (nSPS) is 15.4. The van der Waals surface area contributed by atoms with Gasteiger partial charge in [0.2, 0.25) is 0 Å². The van der Waals surface area contributed by atoms with Crippen molar-refractivity contribution in [2.24, 2.45) is 0 Å². The van der Waals surface area contributed by atoms with Crippen molar-refractivity contribution in [2.45, 2.75) is 31.7 Å². The largest absolute Gasteiger partial charge is 0.496 e. The van der Waals surface area contributed by atoms with Gasteiger partial charge in [0.15, 0.2) is 0 Å². The number of hydrogen-bond acceptors (Lipinski definition) is 5. The fourth-order valence-electron chi connectivity index (χ4n) is 2.81. The van der Waals surface area contributed by atoms with Crippen molar-refractivity contribution >= 4 is 11.4 Å². The Hall–Kier alpha value is -1.82. The highest BCUT2D eigenvalue weighted by Crippen LogP contribution is 2.26. The zero-order valence-corrected chi connectivity index (χ0v) is 12.7. The second kappa shape index (κ2) is 7.26. The highest BCUT2D eigenvalue weighted by atomic mass is 16.6. The number of ether oxygens (including phenoxy) is 1. The maximum absolute atomic E-state index is 10.9. The molecule has 1 fully saturated rings. The van der Waals surface area contributed by atoms with Gasteiger partial charge in [0, 0.05) is 37.0 Å². The van der Waals surface area contributed by atoms with Gasteiger partial charge in [0.25, 0.3) is 5.69 Å². The van der Waals surface area contributed by atoms with Crippen LogP contribution in [0.4, 0.5) is 11.4 Å². The number of rotatable bonds is 7. The predicted octanol–water partition coefficient (Wildman–Crippen LogP) is 2.89. The smallest absolute Gasteiger partial charge is 0.275 e. The first-order valence-corrected chi connectivity index (χ1v) is 7.37. The second-order valence-electron chi connectivity index (χ2n) is 5.52. The minimum atomic E-state index is -0.404. The number of nitrogens with one attached hydrogen (secondary N) is 1. The van der Waals surface area contributed by atoms with Gasteiger partial charge in [0.05, 0.1) is 18.1 Å². The monoisotopic (exact) mass is 293 g/mol. The van der Waals surface area contributed by atoms with Gasteiger partial charge >= 0.3 is 0 Å². The van der Waals surface area contributed by atoms with Crippen LogP contribution in [0.3, 0.4) is 0 Å². The van der Waals surface area contributed by atoms with E-state index in [4.69, 9.17) is 4.74 Å². The van der Waals surface area contributed by atoms with Gasteiger partial charge < -0.3 is 15.0 Å². The molecule has 2 rings (SSSR count). The standard InChI is InChI=1S/C15H23N3O3/c1-17(13-5-3-4-6-13)8-7-16-12-9-14(18(19)20)11-15(10-12)21-2/h9-11,13,16H,3-8H2,1-2H3. The van der Waals surface area contributed by atoms with Crippen molar-refractivity contribution in [3.63, 3.8) is 0 Å². The van der Waals surface area contributed by atoms with Gasteiger partial charge in [-0.25, -0.2) is 0 Å². The summed E-state index contributed by atoms with van der Waals surface area (Å²) in [5, 5.41) is 14.1. The number of benzene rings is 1. The third kappa shape index (κ3) is 4.32. The average molecular weight is 293 g/mol. The number of nitro groups is 1. The van der Waals surface area contributed by atoms with Gasteiger partial charge in [-0.2, -0.15) is 0 Å². The van der Waals surface area contributed by atoms with E-state index in [-0.39, 0.29) is 5.69 Å². The molecule has 1 aliphatic carbocycles. The summed E-state index contributed by atoms with van der Waals surface area (Å²) in [5.41, 5.74) is 0.766. The molecule has 1 aliphatic rings. The Bertz CT molecular complexity index is 487. The Balaban J connectivity index is 1.89. The van der Waals surface area contributed by atoms with Crippen LogP contribution in [0.25, 0.3) is 0 Å². The highest BCUT2D eigenvalue weighted by Gasteiger charge is 2.18. The molecule has 1 N–H and O–H groups in total. The summed E-state index contributed by atoms with van der Waals surface area (Å²) in [6, 6.07) is 5.43. The van der Waals surface area contributed by atoms with Crippen LogP contribution in [-0.4, -0.2) is 43.1 Å². The summed E-state index contributed by atoms with van der Waals surface area (Å²) >= 11 is 0. The van der Waals surface area contributed by atoms with Crippen LogP contribution in [0.15, 0.2) is 18.2 Å². The molecule has 6 heteroatoms. The molecule has 0 amide bonds. The van der Waals surface area contributed by atoms with Crippen LogP contribution in [0.2, 0.25) is 0 Å². The lowest BCUT2D eigenvalue weighted by Crippen LogP contribution is -2.33. The second-order valence-corrected chi connectivity index (χ2v) is 5.52. The fourth-order valence-corrected chi connectivity index (χ4v) is 2.81. The van der Waals surface area contributed by atoms with E-state index in [1.54, 1.807) is 6.07 Å². The van der Waals surface area contributed by atoms with Crippen molar-refractivity contribution < 1.29 is 9.66 Å². The molecule has 0 atom stereocenters. The molecule has 116 valence electrons. The average Bonchev–Trinajstić information content (AvgIpc) is 3.01. The third-order valence-corrected chi connectivity index (χ3v) is 4.08. The number of hydrogen-bond donors (Lipinski definition) is 1. The third-order valence-electron chi connectivity index (χ3n) is 4.08. The Morgan fingerprint density at radius 2 is 2.10 bits per heavy atom. The predicted molar refractivity (Wildman–Crippen MR) is 83.0 cm³/mol. The zero-order valence-electron chi connectivity index (χ0n) is 12.7. The minimum absolute atomic E-state index is 0.0426. The summed E-state index contributed by atoms with van der Waals surface area (Å²) < 4.78 is 5.10. The molecule has 0 radical (unpaired) electrons. The Morgan fingerprint density at radius 3 is 2.71 bits per heavy atom. The van der Waals surface area contributed by atoms with Crippen molar-refractivity contribution in [3.8, 4) is 5.75 Å². The lowest BCUT2D eigenvalue weighted by atomic mass is 10.2. The van der Waals surface area contributed by atoms with E-state index >= 15 is 0 Å². The van der Waals surface area contributed by atoms with Crippen LogP contribution in [0.5, 0.6) is 5.75 Å². The van der Waals surface area contributed by atoms with Crippen LogP contribution in [0, 0.1) is 10.1 Å². The molecule has 0 unspecified atom stereocenters. The van der Waals surface area contributed by atoms with E-state index in [1.165, 1.54) is 44.9 Å². The van der Waals surface area contributed by atoms with E-state index in [0.29, 0.717) is 11.8 Å². The minimum Gasteiger partial charge on any atom is -0.496 e. The number of nitro benzene ring substituents is 1. The number of likely N-dealkylation sites (N-methyl/N-ethyl adjacent to an activating group) is 1. The Labute approximate surface area is 125 Å². The number of nitrogens with zero attached hydrogens (tertiary/aromatic N) is 2.